The van der Waals surface area contributed by atoms with Crippen molar-refractivity contribution >= 4 is 22.9 Å². The second kappa shape index (κ2) is 7.85. The van der Waals surface area contributed by atoms with E-state index in [1.165, 1.54) is 29.5 Å². The lowest BCUT2D eigenvalue weighted by molar-refractivity contribution is 0.101. The third-order valence-corrected chi connectivity index (χ3v) is 5.06. The van der Waals surface area contributed by atoms with E-state index in [4.69, 9.17) is 9.47 Å². The number of para-hydroxylation sites is 1. The Balaban J connectivity index is 1.53. The highest BCUT2D eigenvalue weighted by Crippen LogP contribution is 2.32. The van der Waals surface area contributed by atoms with Crippen LogP contribution in [0.25, 0.3) is 0 Å². The van der Waals surface area contributed by atoms with E-state index in [0.717, 1.165) is 24.5 Å². The van der Waals surface area contributed by atoms with Gasteiger partial charge in [-0.15, -0.1) is 11.3 Å². The first kappa shape index (κ1) is 17.6. The number of amides is 1. The van der Waals surface area contributed by atoms with Crippen LogP contribution in [0.15, 0.2) is 53.9 Å². The Morgan fingerprint density at radius 2 is 2.11 bits per heavy atom. The minimum absolute atomic E-state index is 0.0392. The Hall–Kier alpha value is -2.77. The van der Waals surface area contributed by atoms with E-state index in [-0.39, 0.29) is 17.5 Å². The fraction of sp³-hybridized carbons (Fsp3) is 0.200. The van der Waals surface area contributed by atoms with Crippen molar-refractivity contribution in [2.24, 2.45) is 0 Å². The van der Waals surface area contributed by atoms with Crippen molar-refractivity contribution in [3.8, 4) is 11.5 Å². The van der Waals surface area contributed by atoms with Crippen LogP contribution in [-0.4, -0.2) is 17.5 Å². The maximum atomic E-state index is 13.7. The van der Waals surface area contributed by atoms with Crippen molar-refractivity contribution in [1.82, 2.24) is 4.98 Å². The maximum absolute atomic E-state index is 13.7. The number of benzene rings is 2. The molecular weight excluding hydrogens is 367 g/mol. The van der Waals surface area contributed by atoms with Gasteiger partial charge in [0.25, 0.3) is 5.91 Å². The Kier molecular flexibility index (Phi) is 5.13. The van der Waals surface area contributed by atoms with Crippen LogP contribution in [0, 0.1) is 5.82 Å². The molecule has 1 aromatic heterocycles. The van der Waals surface area contributed by atoms with Gasteiger partial charge in [0.2, 0.25) is 0 Å². The highest BCUT2D eigenvalue weighted by molar-refractivity contribution is 7.09. The number of rotatable bonds is 5. The van der Waals surface area contributed by atoms with Gasteiger partial charge in [-0.25, -0.2) is 9.37 Å². The van der Waals surface area contributed by atoms with Crippen LogP contribution >= 0.6 is 11.3 Å². The molecule has 0 radical (unpaired) electrons. The van der Waals surface area contributed by atoms with Gasteiger partial charge in [-0.1, -0.05) is 18.2 Å². The van der Waals surface area contributed by atoms with Crippen LogP contribution in [0.1, 0.15) is 34.4 Å². The van der Waals surface area contributed by atoms with Crippen molar-refractivity contribution in [3.63, 3.8) is 0 Å². The molecular formula is C20H17FN2O3S. The van der Waals surface area contributed by atoms with Gasteiger partial charge in [0.05, 0.1) is 5.69 Å². The fourth-order valence-corrected chi connectivity index (χ4v) is 3.68. The normalized spacial score (nSPS) is 16.3. The number of carbonyl (C=O) groups is 1. The molecule has 4 rings (SSSR count). The van der Waals surface area contributed by atoms with Crippen LogP contribution in [-0.2, 0) is 4.74 Å². The van der Waals surface area contributed by atoms with Gasteiger partial charge in [-0.3, -0.25) is 4.79 Å². The average Bonchev–Trinajstić information content (AvgIpc) is 3.36. The number of anilines is 1. The highest BCUT2D eigenvalue weighted by atomic mass is 32.1. The van der Waals surface area contributed by atoms with Gasteiger partial charge < -0.3 is 14.8 Å². The summed E-state index contributed by atoms with van der Waals surface area (Å²) in [6.45, 7) is 0.718. The van der Waals surface area contributed by atoms with E-state index in [1.807, 2.05) is 18.2 Å². The average molecular weight is 384 g/mol. The highest BCUT2D eigenvalue weighted by Gasteiger charge is 2.23. The Morgan fingerprint density at radius 3 is 2.89 bits per heavy atom. The first-order valence-electron chi connectivity index (χ1n) is 8.60. The van der Waals surface area contributed by atoms with Crippen LogP contribution < -0.4 is 10.1 Å². The minimum Gasteiger partial charge on any atom is -0.455 e. The number of nitrogens with one attached hydrogen (secondary N) is 1. The standard InChI is InChI=1S/C20H17FN2O3S/c21-13-8-9-17(26-14-5-2-1-3-6-14)15(11-13)22-19(24)16-12-27-20(23-16)18-7-4-10-25-18/h1-3,5-6,8-9,11-12,18H,4,7,10H2,(H,22,24). The lowest BCUT2D eigenvalue weighted by Crippen LogP contribution is -2.13. The lowest BCUT2D eigenvalue weighted by Gasteiger charge is -2.12. The molecule has 1 amide bonds. The summed E-state index contributed by atoms with van der Waals surface area (Å²) >= 11 is 1.39. The third-order valence-electron chi connectivity index (χ3n) is 4.12. The summed E-state index contributed by atoms with van der Waals surface area (Å²) in [5.74, 6) is 0.0579. The predicted molar refractivity (Wildman–Crippen MR) is 101 cm³/mol. The molecule has 3 aromatic rings. The summed E-state index contributed by atoms with van der Waals surface area (Å²) in [6.07, 6.45) is 1.87. The number of thiazole rings is 1. The molecule has 1 fully saturated rings. The molecule has 2 heterocycles. The topological polar surface area (TPSA) is 60.5 Å². The summed E-state index contributed by atoms with van der Waals surface area (Å²) < 4.78 is 25.1. The second-order valence-electron chi connectivity index (χ2n) is 6.08. The molecule has 0 spiro atoms. The molecule has 0 saturated carbocycles. The SMILES string of the molecule is O=C(Nc1cc(F)ccc1Oc1ccccc1)c1csc(C2CCCO2)n1. The van der Waals surface area contributed by atoms with Crippen molar-refractivity contribution in [3.05, 3.63) is 70.4 Å². The van der Waals surface area contributed by atoms with Crippen molar-refractivity contribution in [2.75, 3.05) is 11.9 Å². The number of ether oxygens (including phenoxy) is 2. The summed E-state index contributed by atoms with van der Waals surface area (Å²) in [5.41, 5.74) is 0.524. The van der Waals surface area contributed by atoms with Crippen LogP contribution in [0.5, 0.6) is 11.5 Å². The van der Waals surface area contributed by atoms with Crippen molar-refractivity contribution < 1.29 is 18.7 Å². The van der Waals surface area contributed by atoms with E-state index in [0.29, 0.717) is 11.5 Å². The fourth-order valence-electron chi connectivity index (χ4n) is 2.80. The van der Waals surface area contributed by atoms with E-state index >= 15 is 0 Å². The number of hydrogen-bond acceptors (Lipinski definition) is 5. The quantitative estimate of drug-likeness (QED) is 0.659. The molecule has 1 aliphatic heterocycles. The van der Waals surface area contributed by atoms with Gasteiger partial charge in [-0.05, 0) is 37.1 Å². The van der Waals surface area contributed by atoms with E-state index in [2.05, 4.69) is 10.3 Å². The zero-order valence-electron chi connectivity index (χ0n) is 14.4. The zero-order chi connectivity index (χ0) is 18.6. The molecule has 0 aliphatic carbocycles. The first-order chi connectivity index (χ1) is 13.2. The molecule has 1 aliphatic rings. The second-order valence-corrected chi connectivity index (χ2v) is 6.97. The molecule has 5 nitrogen and oxygen atoms in total. The molecule has 1 saturated heterocycles. The minimum atomic E-state index is -0.468. The van der Waals surface area contributed by atoms with Gasteiger partial charge in [0.15, 0.2) is 5.75 Å². The number of hydrogen-bond donors (Lipinski definition) is 1. The van der Waals surface area contributed by atoms with Crippen molar-refractivity contribution in [1.29, 1.82) is 0 Å². The maximum Gasteiger partial charge on any atom is 0.275 e. The summed E-state index contributed by atoms with van der Waals surface area (Å²) in [6, 6.07) is 13.1. The molecule has 138 valence electrons. The predicted octanol–water partition coefficient (Wildman–Crippen LogP) is 5.18. The lowest BCUT2D eigenvalue weighted by atomic mass is 10.2. The Morgan fingerprint density at radius 1 is 1.26 bits per heavy atom. The molecule has 1 unspecified atom stereocenters. The largest absolute Gasteiger partial charge is 0.455 e. The van der Waals surface area contributed by atoms with Crippen LogP contribution in [0.2, 0.25) is 0 Å². The van der Waals surface area contributed by atoms with E-state index < -0.39 is 11.7 Å². The Bertz CT molecular complexity index is 939. The number of nitrogens with zero attached hydrogens (tertiary/aromatic N) is 1. The zero-order valence-corrected chi connectivity index (χ0v) is 15.2. The number of carbonyl (C=O) groups excluding carboxylic acids is 1. The summed E-state index contributed by atoms with van der Waals surface area (Å²) in [4.78, 5) is 16.9. The Labute approximate surface area is 159 Å². The third kappa shape index (κ3) is 4.15. The molecule has 2 aromatic carbocycles. The summed E-state index contributed by atoms with van der Waals surface area (Å²) in [7, 11) is 0. The molecule has 1 atom stereocenters. The van der Waals surface area contributed by atoms with Gasteiger partial charge in [0, 0.05) is 18.1 Å². The van der Waals surface area contributed by atoms with Gasteiger partial charge in [-0.2, -0.15) is 0 Å². The monoisotopic (exact) mass is 384 g/mol. The molecule has 7 heteroatoms. The van der Waals surface area contributed by atoms with Gasteiger partial charge >= 0.3 is 0 Å². The van der Waals surface area contributed by atoms with Crippen LogP contribution in [0.4, 0.5) is 10.1 Å². The smallest absolute Gasteiger partial charge is 0.275 e. The number of halogens is 1. The van der Waals surface area contributed by atoms with E-state index in [9.17, 15) is 9.18 Å². The van der Waals surface area contributed by atoms with E-state index in [1.54, 1.807) is 17.5 Å². The van der Waals surface area contributed by atoms with Crippen molar-refractivity contribution in [2.45, 2.75) is 18.9 Å². The first-order valence-corrected chi connectivity index (χ1v) is 9.48. The molecule has 1 N–H and O–H groups in total. The van der Waals surface area contributed by atoms with Gasteiger partial charge in [0.1, 0.15) is 28.4 Å². The summed E-state index contributed by atoms with van der Waals surface area (Å²) in [5, 5.41) is 5.16. The number of aromatic nitrogens is 1. The molecule has 0 bridgehead atoms. The molecule has 27 heavy (non-hydrogen) atoms. The van der Waals surface area contributed by atoms with Crippen LogP contribution in [0.3, 0.4) is 0 Å².